The number of thiophene rings is 1. The number of aromatic nitrogens is 1. The number of pyridine rings is 1. The van der Waals surface area contributed by atoms with E-state index in [-0.39, 0.29) is 0 Å². The van der Waals surface area contributed by atoms with Crippen LogP contribution >= 0.6 is 11.3 Å². The van der Waals surface area contributed by atoms with E-state index in [9.17, 15) is 14.4 Å². The lowest BCUT2D eigenvalue weighted by molar-refractivity contribution is -0.119. The van der Waals surface area contributed by atoms with Gasteiger partial charge in [0.05, 0.1) is 22.5 Å². The van der Waals surface area contributed by atoms with Crippen LogP contribution in [0, 0.1) is 6.92 Å². The molecule has 1 aliphatic carbocycles. The summed E-state index contributed by atoms with van der Waals surface area (Å²) in [7, 11) is 0. The van der Waals surface area contributed by atoms with Gasteiger partial charge in [-0.05, 0) is 50.3 Å². The lowest BCUT2D eigenvalue weighted by Gasteiger charge is -2.11. The van der Waals surface area contributed by atoms with Gasteiger partial charge in [0.25, 0.3) is 11.8 Å². The van der Waals surface area contributed by atoms with Crippen molar-refractivity contribution in [2.45, 2.75) is 32.6 Å². The summed E-state index contributed by atoms with van der Waals surface area (Å²) in [5.41, 5.74) is 9.36. The van der Waals surface area contributed by atoms with Gasteiger partial charge in [-0.3, -0.25) is 14.6 Å². The number of fused-ring (bicyclic) bond motifs is 1. The molecule has 1 aliphatic rings. The molecule has 0 atom stereocenters. The van der Waals surface area contributed by atoms with Crippen molar-refractivity contribution in [3.05, 3.63) is 69.7 Å². The third-order valence-corrected chi connectivity index (χ3v) is 6.59. The number of anilines is 1. The summed E-state index contributed by atoms with van der Waals surface area (Å²) in [5, 5.41) is 3.11. The fraction of sp³-hybridized carbons (Fsp3) is 0.250. The average molecular weight is 450 g/mol. The molecule has 3 aromatic rings. The molecule has 32 heavy (non-hydrogen) atoms. The summed E-state index contributed by atoms with van der Waals surface area (Å²) in [6.07, 6.45) is 3.69. The third kappa shape index (κ3) is 4.55. The van der Waals surface area contributed by atoms with Crippen molar-refractivity contribution in [1.82, 2.24) is 4.98 Å². The number of aryl methyl sites for hydroxylation is 2. The minimum absolute atomic E-state index is 0.293. The number of nitrogens with one attached hydrogen (secondary N) is 1. The van der Waals surface area contributed by atoms with Gasteiger partial charge in [-0.2, -0.15) is 0 Å². The second kappa shape index (κ2) is 9.32. The van der Waals surface area contributed by atoms with Gasteiger partial charge in [-0.15, -0.1) is 11.3 Å². The molecule has 8 heteroatoms. The maximum absolute atomic E-state index is 12.5. The maximum atomic E-state index is 12.5. The van der Waals surface area contributed by atoms with Gasteiger partial charge in [0.1, 0.15) is 5.00 Å². The van der Waals surface area contributed by atoms with Crippen molar-refractivity contribution >= 4 is 34.1 Å². The fourth-order valence-corrected chi connectivity index (χ4v) is 5.14. The summed E-state index contributed by atoms with van der Waals surface area (Å²) >= 11 is 1.37. The topological polar surface area (TPSA) is 111 Å². The first-order valence-electron chi connectivity index (χ1n) is 10.4. The summed E-state index contributed by atoms with van der Waals surface area (Å²) in [4.78, 5) is 42.4. The number of carbonyl (C=O) groups is 3. The molecule has 0 fully saturated rings. The Bertz CT molecular complexity index is 1190. The molecular formula is C24H23N3O4S. The zero-order valence-corrected chi connectivity index (χ0v) is 18.5. The minimum atomic E-state index is -0.634. The van der Waals surface area contributed by atoms with E-state index in [0.717, 1.165) is 47.4 Å². The van der Waals surface area contributed by atoms with Crippen molar-refractivity contribution in [1.29, 1.82) is 0 Å². The number of amides is 2. The minimum Gasteiger partial charge on any atom is -0.452 e. The quantitative estimate of drug-likeness (QED) is 0.555. The molecule has 4 rings (SSSR count). The molecule has 7 nitrogen and oxygen atoms in total. The van der Waals surface area contributed by atoms with Gasteiger partial charge in [-0.1, -0.05) is 30.3 Å². The van der Waals surface area contributed by atoms with Gasteiger partial charge in [0, 0.05) is 10.4 Å². The fourth-order valence-electron chi connectivity index (χ4n) is 3.83. The lowest BCUT2D eigenvalue weighted by Crippen LogP contribution is -2.23. The molecule has 0 bridgehead atoms. The molecule has 2 heterocycles. The molecule has 164 valence electrons. The second-order valence-corrected chi connectivity index (χ2v) is 8.70. The van der Waals surface area contributed by atoms with Gasteiger partial charge in [0.2, 0.25) is 0 Å². The predicted molar refractivity (Wildman–Crippen MR) is 123 cm³/mol. The smallest absolute Gasteiger partial charge is 0.340 e. The van der Waals surface area contributed by atoms with Crippen LogP contribution < -0.4 is 11.1 Å². The molecular weight excluding hydrogens is 426 g/mol. The maximum Gasteiger partial charge on any atom is 0.340 e. The Morgan fingerprint density at radius 2 is 1.84 bits per heavy atom. The number of ether oxygens (including phenoxy) is 1. The highest BCUT2D eigenvalue weighted by molar-refractivity contribution is 7.17. The first kappa shape index (κ1) is 21.7. The van der Waals surface area contributed by atoms with Crippen molar-refractivity contribution in [3.63, 3.8) is 0 Å². The van der Waals surface area contributed by atoms with Crippen molar-refractivity contribution in [2.75, 3.05) is 11.9 Å². The first-order valence-corrected chi connectivity index (χ1v) is 11.2. The van der Waals surface area contributed by atoms with Crippen molar-refractivity contribution in [3.8, 4) is 11.3 Å². The Hall–Kier alpha value is -3.52. The van der Waals surface area contributed by atoms with Crippen LogP contribution in [0.3, 0.4) is 0 Å². The Morgan fingerprint density at radius 3 is 2.56 bits per heavy atom. The van der Waals surface area contributed by atoms with E-state index in [1.54, 1.807) is 19.1 Å². The van der Waals surface area contributed by atoms with Crippen LogP contribution in [0.5, 0.6) is 0 Å². The number of nitrogens with zero attached hydrogens (tertiary/aromatic N) is 1. The summed E-state index contributed by atoms with van der Waals surface area (Å²) in [5.74, 6) is -1.71. The average Bonchev–Trinajstić information content (AvgIpc) is 3.16. The standard InChI is InChI=1S/C24H23N3O4S/c1-14-16(11-12-18(26-14)15-7-3-2-4-8-15)24(30)31-13-20(28)27-23-21(22(25)29)17-9-5-6-10-19(17)32-23/h2-4,7-8,11-12H,5-6,9-10,13H2,1H3,(H2,25,29)(H,27,28). The van der Waals surface area contributed by atoms with E-state index in [1.165, 1.54) is 11.3 Å². The number of rotatable bonds is 6. The van der Waals surface area contributed by atoms with Crippen LogP contribution in [-0.2, 0) is 22.4 Å². The Kier molecular flexibility index (Phi) is 6.32. The van der Waals surface area contributed by atoms with Crippen molar-refractivity contribution < 1.29 is 19.1 Å². The molecule has 3 N–H and O–H groups in total. The van der Waals surface area contributed by atoms with E-state index in [1.807, 2.05) is 30.3 Å². The normalized spacial score (nSPS) is 12.7. The molecule has 0 radical (unpaired) electrons. The summed E-state index contributed by atoms with van der Waals surface area (Å²) < 4.78 is 5.19. The van der Waals surface area contributed by atoms with Crippen LogP contribution in [0.2, 0.25) is 0 Å². The van der Waals surface area contributed by atoms with E-state index in [0.29, 0.717) is 21.8 Å². The SMILES string of the molecule is Cc1nc(-c2ccccc2)ccc1C(=O)OCC(=O)Nc1sc2c(c1C(N)=O)CCCC2. The first-order chi connectivity index (χ1) is 15.4. The van der Waals surface area contributed by atoms with E-state index < -0.39 is 24.4 Å². The predicted octanol–water partition coefficient (Wildman–Crippen LogP) is 3.89. The number of hydrogen-bond acceptors (Lipinski definition) is 6. The molecule has 2 amide bonds. The zero-order chi connectivity index (χ0) is 22.7. The Labute approximate surface area is 189 Å². The molecule has 0 saturated heterocycles. The summed E-state index contributed by atoms with van der Waals surface area (Å²) in [6, 6.07) is 13.0. The molecule has 2 aromatic heterocycles. The van der Waals surface area contributed by atoms with Crippen LogP contribution in [-0.4, -0.2) is 29.4 Å². The molecule has 1 aromatic carbocycles. The molecule has 0 aliphatic heterocycles. The highest BCUT2D eigenvalue weighted by Gasteiger charge is 2.25. The lowest BCUT2D eigenvalue weighted by atomic mass is 9.95. The van der Waals surface area contributed by atoms with Gasteiger partial charge >= 0.3 is 5.97 Å². The van der Waals surface area contributed by atoms with Gasteiger partial charge in [0.15, 0.2) is 6.61 Å². The van der Waals surface area contributed by atoms with E-state index in [2.05, 4.69) is 10.3 Å². The Balaban J connectivity index is 1.41. The summed E-state index contributed by atoms with van der Waals surface area (Å²) in [6.45, 7) is 1.25. The molecule has 0 unspecified atom stereocenters. The number of nitrogens with two attached hydrogens (primary N) is 1. The van der Waals surface area contributed by atoms with Gasteiger partial charge < -0.3 is 15.8 Å². The number of esters is 1. The van der Waals surface area contributed by atoms with E-state index in [4.69, 9.17) is 10.5 Å². The highest BCUT2D eigenvalue weighted by atomic mass is 32.1. The number of carbonyl (C=O) groups excluding carboxylic acids is 3. The van der Waals surface area contributed by atoms with Crippen LogP contribution in [0.15, 0.2) is 42.5 Å². The van der Waals surface area contributed by atoms with Gasteiger partial charge in [-0.25, -0.2) is 4.79 Å². The largest absolute Gasteiger partial charge is 0.452 e. The molecule has 0 saturated carbocycles. The Morgan fingerprint density at radius 1 is 1.09 bits per heavy atom. The second-order valence-electron chi connectivity index (χ2n) is 7.60. The molecule has 0 spiro atoms. The number of primary amides is 1. The van der Waals surface area contributed by atoms with Crippen LogP contribution in [0.4, 0.5) is 5.00 Å². The third-order valence-electron chi connectivity index (χ3n) is 5.38. The highest BCUT2D eigenvalue weighted by Crippen LogP contribution is 2.37. The number of hydrogen-bond donors (Lipinski definition) is 2. The zero-order valence-electron chi connectivity index (χ0n) is 17.6. The number of benzene rings is 1. The van der Waals surface area contributed by atoms with Crippen molar-refractivity contribution in [2.24, 2.45) is 5.73 Å². The monoisotopic (exact) mass is 449 g/mol. The van der Waals surface area contributed by atoms with Crippen LogP contribution in [0.25, 0.3) is 11.3 Å². The van der Waals surface area contributed by atoms with Crippen LogP contribution in [0.1, 0.15) is 49.7 Å². The van der Waals surface area contributed by atoms with E-state index >= 15 is 0 Å².